The number of ether oxygens (including phenoxy) is 2. The second-order valence-electron chi connectivity index (χ2n) is 8.90. The SMILES string of the molecule is COc1ccc(-c2cc(-c3ccc(OC)cc3)c3[n+](c2)Cc2cc4ccccc4cc2CN3)cc1. The molecule has 172 valence electrons. The summed E-state index contributed by atoms with van der Waals surface area (Å²) in [6.07, 6.45) is 2.25. The number of hydrogen-bond donors (Lipinski definition) is 1. The Hall–Kier alpha value is -4.31. The molecule has 4 nitrogen and oxygen atoms in total. The molecular weight excluding hydrogens is 432 g/mol. The molecular formula is C31H27N2O2+. The number of aromatic nitrogens is 1. The molecule has 0 aliphatic carbocycles. The zero-order valence-corrected chi connectivity index (χ0v) is 19.9. The Morgan fingerprint density at radius 2 is 1.26 bits per heavy atom. The smallest absolute Gasteiger partial charge is 0.282 e. The number of nitrogens with one attached hydrogen (secondary N) is 1. The Kier molecular flexibility index (Phi) is 5.34. The van der Waals surface area contributed by atoms with Crippen LogP contribution in [-0.4, -0.2) is 14.2 Å². The van der Waals surface area contributed by atoms with Crippen LogP contribution < -0.4 is 19.4 Å². The normalized spacial score (nSPS) is 12.3. The van der Waals surface area contributed by atoms with E-state index in [1.54, 1.807) is 14.2 Å². The van der Waals surface area contributed by atoms with E-state index in [4.69, 9.17) is 9.47 Å². The first-order chi connectivity index (χ1) is 17.2. The molecule has 1 aliphatic heterocycles. The molecule has 6 rings (SSSR count). The van der Waals surface area contributed by atoms with Crippen LogP contribution in [0.15, 0.2) is 97.2 Å². The zero-order valence-electron chi connectivity index (χ0n) is 19.9. The number of benzene rings is 4. The lowest BCUT2D eigenvalue weighted by Gasteiger charge is -2.13. The first kappa shape index (κ1) is 21.2. The number of fused-ring (bicyclic) bond motifs is 3. The van der Waals surface area contributed by atoms with Crippen LogP contribution in [0.25, 0.3) is 33.0 Å². The average Bonchev–Trinajstić information content (AvgIpc) is 3.10. The lowest BCUT2D eigenvalue weighted by Crippen LogP contribution is -2.36. The van der Waals surface area contributed by atoms with Crippen LogP contribution in [-0.2, 0) is 13.1 Å². The molecule has 0 fully saturated rings. The monoisotopic (exact) mass is 459 g/mol. The van der Waals surface area contributed by atoms with Crippen LogP contribution in [0.2, 0.25) is 0 Å². The summed E-state index contributed by atoms with van der Waals surface area (Å²) in [5.74, 6) is 2.83. The maximum atomic E-state index is 5.40. The highest BCUT2D eigenvalue weighted by Crippen LogP contribution is 2.34. The highest BCUT2D eigenvalue weighted by atomic mass is 16.5. The third-order valence-electron chi connectivity index (χ3n) is 6.82. The standard InChI is InChI=1S/C31H26N2O2/c1-34-28-11-7-21(8-12-28)27-17-30(22-9-13-29(35-2)14-10-22)31-32-18-25-15-23-5-3-4-6-24(23)16-26(25)19-33(31)20-27/h3-17,20H,18-19H2,1-2H3/p+1. The summed E-state index contributed by atoms with van der Waals surface area (Å²) in [7, 11) is 3.39. The van der Waals surface area contributed by atoms with Crippen LogP contribution in [0.4, 0.5) is 5.82 Å². The fourth-order valence-electron chi connectivity index (χ4n) is 4.91. The molecule has 1 aliphatic rings. The molecule has 4 aromatic carbocycles. The van der Waals surface area contributed by atoms with Gasteiger partial charge in [-0.15, -0.1) is 0 Å². The largest absolute Gasteiger partial charge is 0.497 e. The third kappa shape index (κ3) is 3.97. The molecule has 0 amide bonds. The van der Waals surface area contributed by atoms with Gasteiger partial charge in [-0.1, -0.05) is 48.5 Å². The van der Waals surface area contributed by atoms with Crippen molar-refractivity contribution >= 4 is 16.6 Å². The van der Waals surface area contributed by atoms with E-state index in [1.165, 1.54) is 27.5 Å². The van der Waals surface area contributed by atoms with Gasteiger partial charge in [0.1, 0.15) is 24.6 Å². The summed E-state index contributed by atoms with van der Waals surface area (Å²) in [4.78, 5) is 0. The molecule has 35 heavy (non-hydrogen) atoms. The van der Waals surface area contributed by atoms with E-state index in [0.29, 0.717) is 0 Å². The second kappa shape index (κ2) is 8.80. The average molecular weight is 460 g/mol. The van der Waals surface area contributed by atoms with Gasteiger partial charge in [0.15, 0.2) is 0 Å². The number of rotatable bonds is 4. The van der Waals surface area contributed by atoms with E-state index in [0.717, 1.165) is 47.1 Å². The zero-order chi connectivity index (χ0) is 23.8. The van der Waals surface area contributed by atoms with Crippen molar-refractivity contribution in [2.24, 2.45) is 0 Å². The Balaban J connectivity index is 1.52. The maximum Gasteiger partial charge on any atom is 0.282 e. The predicted octanol–water partition coefficient (Wildman–Crippen LogP) is 6.45. The first-order valence-electron chi connectivity index (χ1n) is 11.8. The lowest BCUT2D eigenvalue weighted by atomic mass is 10.00. The van der Waals surface area contributed by atoms with E-state index in [1.807, 2.05) is 24.3 Å². The van der Waals surface area contributed by atoms with Crippen LogP contribution in [0.1, 0.15) is 11.1 Å². The van der Waals surface area contributed by atoms with Gasteiger partial charge < -0.3 is 9.47 Å². The molecule has 0 saturated heterocycles. The second-order valence-corrected chi connectivity index (χ2v) is 8.90. The quantitative estimate of drug-likeness (QED) is 0.314. The van der Waals surface area contributed by atoms with Gasteiger partial charge in [0.25, 0.3) is 5.82 Å². The molecule has 0 spiro atoms. The lowest BCUT2D eigenvalue weighted by molar-refractivity contribution is -0.673. The van der Waals surface area contributed by atoms with Gasteiger partial charge in [-0.05, 0) is 64.4 Å². The summed E-state index contributed by atoms with van der Waals surface area (Å²) < 4.78 is 13.1. The predicted molar refractivity (Wildman–Crippen MR) is 141 cm³/mol. The Bertz CT molecular complexity index is 1520. The maximum absolute atomic E-state index is 5.40. The van der Waals surface area contributed by atoms with Gasteiger partial charge in [0.05, 0.1) is 26.0 Å². The highest BCUT2D eigenvalue weighted by Gasteiger charge is 2.24. The van der Waals surface area contributed by atoms with Gasteiger partial charge in [0, 0.05) is 16.7 Å². The third-order valence-corrected chi connectivity index (χ3v) is 6.82. The Morgan fingerprint density at radius 3 is 1.89 bits per heavy atom. The van der Waals surface area contributed by atoms with Crippen LogP contribution in [0.5, 0.6) is 11.5 Å². The van der Waals surface area contributed by atoms with Crippen molar-refractivity contribution in [2.45, 2.75) is 13.1 Å². The van der Waals surface area contributed by atoms with E-state index in [2.05, 4.69) is 82.8 Å². The number of methoxy groups -OCH3 is 2. The van der Waals surface area contributed by atoms with Crippen molar-refractivity contribution < 1.29 is 14.0 Å². The number of pyridine rings is 1. The minimum atomic E-state index is 0.783. The number of nitrogens with zero attached hydrogens (tertiary/aromatic N) is 1. The summed E-state index contributed by atoms with van der Waals surface area (Å²) in [5.41, 5.74) is 7.30. The van der Waals surface area contributed by atoms with Crippen molar-refractivity contribution in [1.82, 2.24) is 0 Å². The summed E-state index contributed by atoms with van der Waals surface area (Å²) in [6.45, 7) is 1.58. The van der Waals surface area contributed by atoms with E-state index in [9.17, 15) is 0 Å². The van der Waals surface area contributed by atoms with Gasteiger partial charge in [0.2, 0.25) is 0 Å². The molecule has 4 heteroatoms. The van der Waals surface area contributed by atoms with Gasteiger partial charge in [-0.2, -0.15) is 0 Å². The number of hydrogen-bond acceptors (Lipinski definition) is 3. The van der Waals surface area contributed by atoms with Crippen molar-refractivity contribution in [1.29, 1.82) is 0 Å². The van der Waals surface area contributed by atoms with Crippen molar-refractivity contribution in [3.63, 3.8) is 0 Å². The fraction of sp³-hybridized carbons (Fsp3) is 0.129. The topological polar surface area (TPSA) is 34.4 Å². The van der Waals surface area contributed by atoms with Crippen molar-refractivity contribution in [3.8, 4) is 33.8 Å². The van der Waals surface area contributed by atoms with Gasteiger partial charge >= 0.3 is 0 Å². The Labute approximate surface area is 205 Å². The molecule has 0 unspecified atom stereocenters. The summed E-state index contributed by atoms with van der Waals surface area (Å²) >= 11 is 0. The van der Waals surface area contributed by atoms with Crippen LogP contribution in [0.3, 0.4) is 0 Å². The summed E-state index contributed by atoms with van der Waals surface area (Å²) in [5, 5.41) is 6.30. The minimum absolute atomic E-state index is 0.783. The summed E-state index contributed by atoms with van der Waals surface area (Å²) in [6, 6.07) is 32.1. The van der Waals surface area contributed by atoms with E-state index < -0.39 is 0 Å². The van der Waals surface area contributed by atoms with Crippen LogP contribution in [0, 0.1) is 0 Å². The number of anilines is 1. The molecule has 0 atom stereocenters. The molecule has 1 aromatic heterocycles. The highest BCUT2D eigenvalue weighted by molar-refractivity contribution is 5.84. The molecule has 0 bridgehead atoms. The minimum Gasteiger partial charge on any atom is -0.497 e. The fourth-order valence-corrected chi connectivity index (χ4v) is 4.91. The van der Waals surface area contributed by atoms with Gasteiger partial charge in [-0.3, -0.25) is 5.32 Å². The van der Waals surface area contributed by atoms with Crippen LogP contribution >= 0.6 is 0 Å². The molecule has 2 heterocycles. The molecule has 1 N–H and O–H groups in total. The van der Waals surface area contributed by atoms with Gasteiger partial charge in [-0.25, -0.2) is 4.57 Å². The molecule has 0 saturated carbocycles. The van der Waals surface area contributed by atoms with E-state index in [-0.39, 0.29) is 0 Å². The van der Waals surface area contributed by atoms with Crippen molar-refractivity contribution in [2.75, 3.05) is 19.5 Å². The van der Waals surface area contributed by atoms with Crippen molar-refractivity contribution in [3.05, 3.63) is 108 Å². The molecule has 5 aromatic rings. The Morgan fingerprint density at radius 1 is 0.657 bits per heavy atom. The van der Waals surface area contributed by atoms with E-state index >= 15 is 0 Å². The molecule has 0 radical (unpaired) electrons. The first-order valence-corrected chi connectivity index (χ1v) is 11.8.